The molecule has 1 aromatic carbocycles. The summed E-state index contributed by atoms with van der Waals surface area (Å²) in [5.74, 6) is 0.903. The maximum absolute atomic E-state index is 5.64. The molecular weight excluding hydrogens is 228 g/mol. The van der Waals surface area contributed by atoms with Crippen LogP contribution in [0.4, 0.5) is 0 Å². The Balaban J connectivity index is 1.62. The zero-order chi connectivity index (χ0) is 12.6. The van der Waals surface area contributed by atoms with Gasteiger partial charge in [0.15, 0.2) is 0 Å². The number of methoxy groups -OCH3 is 1. The van der Waals surface area contributed by atoms with Crippen molar-refractivity contribution in [2.24, 2.45) is 0 Å². The molecule has 18 heavy (non-hydrogen) atoms. The number of nitrogens with one attached hydrogen (secondary N) is 2. The number of benzene rings is 1. The van der Waals surface area contributed by atoms with Crippen molar-refractivity contribution >= 4 is 0 Å². The Hall–Kier alpha value is -1.10. The second-order valence-electron chi connectivity index (χ2n) is 4.51. The predicted octanol–water partition coefficient (Wildman–Crippen LogP) is 1.16. The number of hydrogen-bond donors (Lipinski definition) is 2. The third-order valence-corrected chi connectivity index (χ3v) is 3.14. The SMILES string of the molecule is COc1ccc(CNCCC2CNCCO2)cc1. The van der Waals surface area contributed by atoms with Crippen LogP contribution < -0.4 is 15.4 Å². The average molecular weight is 250 g/mol. The molecule has 100 valence electrons. The second kappa shape index (κ2) is 7.36. The number of rotatable bonds is 6. The minimum atomic E-state index is 0.363. The Labute approximate surface area is 109 Å². The lowest BCUT2D eigenvalue weighted by Gasteiger charge is -2.23. The molecule has 1 unspecified atom stereocenters. The van der Waals surface area contributed by atoms with Crippen molar-refractivity contribution in [3.05, 3.63) is 29.8 Å². The molecule has 1 saturated heterocycles. The molecule has 2 N–H and O–H groups in total. The molecule has 1 aliphatic heterocycles. The highest BCUT2D eigenvalue weighted by molar-refractivity contribution is 5.26. The minimum absolute atomic E-state index is 0.363. The Morgan fingerprint density at radius 3 is 2.89 bits per heavy atom. The van der Waals surface area contributed by atoms with Crippen LogP contribution in [0.3, 0.4) is 0 Å². The van der Waals surface area contributed by atoms with Gasteiger partial charge in [0.2, 0.25) is 0 Å². The summed E-state index contributed by atoms with van der Waals surface area (Å²) < 4.78 is 10.8. The van der Waals surface area contributed by atoms with Crippen molar-refractivity contribution in [1.82, 2.24) is 10.6 Å². The lowest BCUT2D eigenvalue weighted by molar-refractivity contribution is 0.0238. The van der Waals surface area contributed by atoms with Gasteiger partial charge in [0, 0.05) is 19.6 Å². The van der Waals surface area contributed by atoms with E-state index < -0.39 is 0 Å². The van der Waals surface area contributed by atoms with Gasteiger partial charge in [-0.3, -0.25) is 0 Å². The summed E-state index contributed by atoms with van der Waals surface area (Å²) in [5, 5.41) is 6.78. The van der Waals surface area contributed by atoms with Gasteiger partial charge in [0.25, 0.3) is 0 Å². The van der Waals surface area contributed by atoms with Crippen molar-refractivity contribution in [3.8, 4) is 5.75 Å². The van der Waals surface area contributed by atoms with E-state index in [1.807, 2.05) is 12.1 Å². The van der Waals surface area contributed by atoms with Crippen LogP contribution >= 0.6 is 0 Å². The maximum Gasteiger partial charge on any atom is 0.118 e. The molecule has 1 aromatic rings. The summed E-state index contributed by atoms with van der Waals surface area (Å²) >= 11 is 0. The molecule has 0 bridgehead atoms. The van der Waals surface area contributed by atoms with Gasteiger partial charge in [0.05, 0.1) is 19.8 Å². The van der Waals surface area contributed by atoms with Gasteiger partial charge < -0.3 is 20.1 Å². The molecule has 4 nitrogen and oxygen atoms in total. The van der Waals surface area contributed by atoms with Crippen molar-refractivity contribution in [2.75, 3.05) is 33.4 Å². The van der Waals surface area contributed by atoms with E-state index in [0.29, 0.717) is 6.10 Å². The van der Waals surface area contributed by atoms with Gasteiger partial charge in [-0.1, -0.05) is 12.1 Å². The van der Waals surface area contributed by atoms with Crippen LogP contribution in [-0.4, -0.2) is 39.5 Å². The van der Waals surface area contributed by atoms with Crippen LogP contribution in [0.5, 0.6) is 5.75 Å². The molecule has 1 heterocycles. The molecule has 0 radical (unpaired) electrons. The first-order valence-electron chi connectivity index (χ1n) is 6.54. The topological polar surface area (TPSA) is 42.5 Å². The summed E-state index contributed by atoms with van der Waals surface area (Å²) in [6, 6.07) is 8.16. The first-order valence-corrected chi connectivity index (χ1v) is 6.54. The van der Waals surface area contributed by atoms with Gasteiger partial charge >= 0.3 is 0 Å². The van der Waals surface area contributed by atoms with E-state index in [-0.39, 0.29) is 0 Å². The standard InChI is InChI=1S/C14H22N2O2/c1-17-13-4-2-12(3-5-13)10-15-7-6-14-11-16-8-9-18-14/h2-5,14-16H,6-11H2,1H3. The van der Waals surface area contributed by atoms with E-state index in [1.165, 1.54) is 5.56 Å². The first kappa shape index (κ1) is 13.3. The second-order valence-corrected chi connectivity index (χ2v) is 4.51. The molecule has 0 aromatic heterocycles. The highest BCUT2D eigenvalue weighted by Gasteiger charge is 2.11. The predicted molar refractivity (Wildman–Crippen MR) is 71.9 cm³/mol. The summed E-state index contributed by atoms with van der Waals surface area (Å²) in [6.45, 7) is 4.67. The monoisotopic (exact) mass is 250 g/mol. The van der Waals surface area contributed by atoms with Crippen LogP contribution in [0.15, 0.2) is 24.3 Å². The van der Waals surface area contributed by atoms with E-state index >= 15 is 0 Å². The molecule has 2 rings (SSSR count). The van der Waals surface area contributed by atoms with E-state index in [4.69, 9.17) is 9.47 Å². The zero-order valence-electron chi connectivity index (χ0n) is 10.9. The molecule has 0 aliphatic carbocycles. The lowest BCUT2D eigenvalue weighted by Crippen LogP contribution is -2.39. The number of ether oxygens (including phenoxy) is 2. The van der Waals surface area contributed by atoms with Crippen molar-refractivity contribution in [1.29, 1.82) is 0 Å². The number of hydrogen-bond acceptors (Lipinski definition) is 4. The van der Waals surface area contributed by atoms with Gasteiger partial charge in [0.1, 0.15) is 5.75 Å². The zero-order valence-corrected chi connectivity index (χ0v) is 10.9. The van der Waals surface area contributed by atoms with E-state index in [0.717, 1.165) is 45.0 Å². The van der Waals surface area contributed by atoms with Crippen molar-refractivity contribution < 1.29 is 9.47 Å². The summed E-state index contributed by atoms with van der Waals surface area (Å²) in [6.07, 6.45) is 1.42. The van der Waals surface area contributed by atoms with E-state index in [2.05, 4.69) is 22.8 Å². The fraction of sp³-hybridized carbons (Fsp3) is 0.571. The fourth-order valence-electron chi connectivity index (χ4n) is 2.04. The first-order chi connectivity index (χ1) is 8.88. The van der Waals surface area contributed by atoms with Crippen LogP contribution in [0, 0.1) is 0 Å². The van der Waals surface area contributed by atoms with Gasteiger partial charge in [-0.05, 0) is 30.7 Å². The van der Waals surface area contributed by atoms with Crippen LogP contribution in [-0.2, 0) is 11.3 Å². The average Bonchev–Trinajstić information content (AvgIpc) is 2.45. The third-order valence-electron chi connectivity index (χ3n) is 3.14. The van der Waals surface area contributed by atoms with Crippen LogP contribution in [0.1, 0.15) is 12.0 Å². The third kappa shape index (κ3) is 4.29. The van der Waals surface area contributed by atoms with E-state index in [9.17, 15) is 0 Å². The molecule has 0 amide bonds. The van der Waals surface area contributed by atoms with Crippen LogP contribution in [0.2, 0.25) is 0 Å². The van der Waals surface area contributed by atoms with Gasteiger partial charge in [-0.25, -0.2) is 0 Å². The molecule has 1 fully saturated rings. The molecule has 0 saturated carbocycles. The maximum atomic E-state index is 5.64. The van der Waals surface area contributed by atoms with Crippen LogP contribution in [0.25, 0.3) is 0 Å². The van der Waals surface area contributed by atoms with Crippen molar-refractivity contribution in [3.63, 3.8) is 0 Å². The smallest absolute Gasteiger partial charge is 0.118 e. The lowest BCUT2D eigenvalue weighted by atomic mass is 10.2. The molecule has 0 spiro atoms. The largest absolute Gasteiger partial charge is 0.497 e. The van der Waals surface area contributed by atoms with E-state index in [1.54, 1.807) is 7.11 Å². The summed E-state index contributed by atoms with van der Waals surface area (Å²) in [7, 11) is 1.69. The highest BCUT2D eigenvalue weighted by Crippen LogP contribution is 2.11. The molecular formula is C14H22N2O2. The minimum Gasteiger partial charge on any atom is -0.497 e. The number of morpholine rings is 1. The summed E-state index contributed by atoms with van der Waals surface area (Å²) in [5.41, 5.74) is 1.28. The Morgan fingerprint density at radius 1 is 1.39 bits per heavy atom. The Kier molecular flexibility index (Phi) is 5.45. The normalized spacial score (nSPS) is 19.7. The fourth-order valence-corrected chi connectivity index (χ4v) is 2.04. The van der Waals surface area contributed by atoms with Crippen molar-refractivity contribution in [2.45, 2.75) is 19.1 Å². The van der Waals surface area contributed by atoms with Gasteiger partial charge in [-0.15, -0.1) is 0 Å². The summed E-state index contributed by atoms with van der Waals surface area (Å²) in [4.78, 5) is 0. The highest BCUT2D eigenvalue weighted by atomic mass is 16.5. The Morgan fingerprint density at radius 2 is 2.22 bits per heavy atom. The Bertz CT molecular complexity index is 334. The quantitative estimate of drug-likeness (QED) is 0.744. The molecule has 1 aliphatic rings. The molecule has 1 atom stereocenters. The molecule has 4 heteroatoms. The van der Waals surface area contributed by atoms with Gasteiger partial charge in [-0.2, -0.15) is 0 Å².